The second kappa shape index (κ2) is 11.1. The number of benzene rings is 2. The highest BCUT2D eigenvalue weighted by atomic mass is 79.9. The molecule has 0 saturated carbocycles. The van der Waals surface area contributed by atoms with Crippen molar-refractivity contribution in [3.8, 4) is 5.75 Å². The highest BCUT2D eigenvalue weighted by Crippen LogP contribution is 2.55. The molecule has 2 aromatic rings. The van der Waals surface area contributed by atoms with Crippen LogP contribution in [-0.2, 0) is 14.4 Å². The molecule has 0 bridgehead atoms. The molecular formula is C33H36BrClN2O4. The molecule has 0 saturated heterocycles. The van der Waals surface area contributed by atoms with Gasteiger partial charge in [0.05, 0.1) is 0 Å². The first-order chi connectivity index (χ1) is 19.3. The standard InChI is InChI=1S/C33H36BrClN2O4/c1-6-37-23-14-32(2,3)16-25(38)30(23)29(31-24(37)15-33(4,5)17-26(31)39)22-13-19(34)7-12-27(22)41-18-28(40)36-21-10-8-20(35)9-11-21/h7-13,29H,6,14-18H2,1-5H3,(H,36,40). The maximum absolute atomic E-state index is 13.9. The number of anilines is 1. The minimum atomic E-state index is -0.554. The fraction of sp³-hybridized carbons (Fsp3) is 0.424. The smallest absolute Gasteiger partial charge is 0.262 e. The normalized spacial score (nSPS) is 20.1. The molecule has 0 atom stereocenters. The summed E-state index contributed by atoms with van der Waals surface area (Å²) in [6, 6.07) is 12.4. The first-order valence-electron chi connectivity index (χ1n) is 14.1. The molecule has 6 nitrogen and oxygen atoms in total. The number of halogens is 2. The number of allylic oxidation sites excluding steroid dienone is 4. The molecule has 2 aliphatic carbocycles. The zero-order valence-electron chi connectivity index (χ0n) is 24.2. The highest BCUT2D eigenvalue weighted by molar-refractivity contribution is 9.10. The van der Waals surface area contributed by atoms with E-state index in [1.807, 2.05) is 12.1 Å². The van der Waals surface area contributed by atoms with Crippen molar-refractivity contribution in [1.29, 1.82) is 0 Å². The van der Waals surface area contributed by atoms with Crippen molar-refractivity contribution in [1.82, 2.24) is 4.90 Å². The van der Waals surface area contributed by atoms with Crippen LogP contribution in [0.1, 0.15) is 71.8 Å². The first kappa shape index (κ1) is 29.6. The van der Waals surface area contributed by atoms with E-state index in [0.717, 1.165) is 34.3 Å². The van der Waals surface area contributed by atoms with Gasteiger partial charge in [-0.25, -0.2) is 0 Å². The van der Waals surface area contributed by atoms with Crippen LogP contribution in [0.2, 0.25) is 5.02 Å². The Bertz CT molecular complexity index is 1440. The monoisotopic (exact) mass is 638 g/mol. The number of ether oxygens (including phenoxy) is 1. The molecule has 0 radical (unpaired) electrons. The third-order valence-corrected chi connectivity index (χ3v) is 8.85. The summed E-state index contributed by atoms with van der Waals surface area (Å²) in [6.45, 7) is 11.1. The van der Waals surface area contributed by atoms with E-state index < -0.39 is 5.92 Å². The zero-order chi connectivity index (χ0) is 29.7. The van der Waals surface area contributed by atoms with E-state index in [4.69, 9.17) is 16.3 Å². The molecule has 1 heterocycles. The molecule has 216 valence electrons. The lowest BCUT2D eigenvalue weighted by molar-refractivity contribution is -0.120. The van der Waals surface area contributed by atoms with Gasteiger partial charge in [-0.1, -0.05) is 55.2 Å². The molecular weight excluding hydrogens is 604 g/mol. The van der Waals surface area contributed by atoms with Crippen LogP contribution in [0.25, 0.3) is 0 Å². The Balaban J connectivity index is 1.58. The van der Waals surface area contributed by atoms with Crippen molar-refractivity contribution in [2.45, 2.75) is 66.2 Å². The van der Waals surface area contributed by atoms with Crippen LogP contribution >= 0.6 is 27.5 Å². The van der Waals surface area contributed by atoms with Gasteiger partial charge in [0.1, 0.15) is 5.75 Å². The van der Waals surface area contributed by atoms with Crippen molar-refractivity contribution in [3.63, 3.8) is 0 Å². The Labute approximate surface area is 255 Å². The first-order valence-corrected chi connectivity index (χ1v) is 15.2. The van der Waals surface area contributed by atoms with Gasteiger partial charge >= 0.3 is 0 Å². The van der Waals surface area contributed by atoms with Crippen LogP contribution in [0.4, 0.5) is 5.69 Å². The third kappa shape index (κ3) is 6.02. The Morgan fingerprint density at radius 3 is 2.05 bits per heavy atom. The van der Waals surface area contributed by atoms with E-state index in [2.05, 4.69) is 60.8 Å². The molecule has 1 amide bonds. The number of Topliss-reactive ketones (excluding diaryl/α,β-unsaturated/α-hetero) is 2. The van der Waals surface area contributed by atoms with E-state index in [9.17, 15) is 14.4 Å². The van der Waals surface area contributed by atoms with E-state index in [-0.39, 0.29) is 34.9 Å². The Morgan fingerprint density at radius 2 is 1.51 bits per heavy atom. The molecule has 3 aliphatic rings. The summed E-state index contributed by atoms with van der Waals surface area (Å²) in [5.41, 5.74) is 4.35. The Kier molecular flexibility index (Phi) is 7.99. The van der Waals surface area contributed by atoms with Crippen LogP contribution in [-0.4, -0.2) is 35.5 Å². The SMILES string of the molecule is CCN1C2=C(C(=O)CC(C)(C)C2)C(c2cc(Br)ccc2OCC(=O)Nc2ccc(Cl)cc2)C2=C1CC(C)(C)CC2=O. The number of amides is 1. The van der Waals surface area contributed by atoms with E-state index in [1.54, 1.807) is 30.3 Å². The van der Waals surface area contributed by atoms with Gasteiger partial charge in [-0.05, 0) is 73.1 Å². The van der Waals surface area contributed by atoms with Crippen molar-refractivity contribution >= 4 is 50.7 Å². The molecule has 0 fully saturated rings. The minimum absolute atomic E-state index is 0.0651. The lowest BCUT2D eigenvalue weighted by Gasteiger charge is -2.49. The summed E-state index contributed by atoms with van der Waals surface area (Å²) in [5, 5.41) is 3.40. The van der Waals surface area contributed by atoms with Crippen molar-refractivity contribution < 1.29 is 19.1 Å². The second-order valence-corrected chi connectivity index (χ2v) is 14.2. The van der Waals surface area contributed by atoms with E-state index in [1.165, 1.54) is 0 Å². The number of nitrogens with zero attached hydrogens (tertiary/aromatic N) is 1. The van der Waals surface area contributed by atoms with Gasteiger partial charge in [-0.15, -0.1) is 0 Å². The van der Waals surface area contributed by atoms with Gasteiger partial charge in [0.15, 0.2) is 18.2 Å². The fourth-order valence-electron chi connectivity index (χ4n) is 6.49. The largest absolute Gasteiger partial charge is 0.483 e. The maximum Gasteiger partial charge on any atom is 0.262 e. The topological polar surface area (TPSA) is 75.7 Å². The number of hydrogen-bond acceptors (Lipinski definition) is 5. The van der Waals surface area contributed by atoms with Gasteiger partial charge < -0.3 is 15.0 Å². The van der Waals surface area contributed by atoms with Gasteiger partial charge in [0, 0.05) is 68.6 Å². The average molecular weight is 640 g/mol. The van der Waals surface area contributed by atoms with Crippen LogP contribution in [0.3, 0.4) is 0 Å². The number of nitrogens with one attached hydrogen (secondary N) is 1. The minimum Gasteiger partial charge on any atom is -0.483 e. The number of carbonyl (C=O) groups excluding carboxylic acids is 3. The molecule has 5 rings (SSSR count). The average Bonchev–Trinajstić information content (AvgIpc) is 2.87. The number of rotatable bonds is 6. The van der Waals surface area contributed by atoms with E-state index in [0.29, 0.717) is 47.0 Å². The lowest BCUT2D eigenvalue weighted by Crippen LogP contribution is -2.44. The number of carbonyl (C=O) groups is 3. The van der Waals surface area contributed by atoms with Crippen LogP contribution < -0.4 is 10.1 Å². The molecule has 1 N–H and O–H groups in total. The van der Waals surface area contributed by atoms with E-state index >= 15 is 0 Å². The molecule has 2 aromatic carbocycles. The summed E-state index contributed by atoms with van der Waals surface area (Å²) in [6.07, 6.45) is 2.32. The summed E-state index contributed by atoms with van der Waals surface area (Å²) in [5.74, 6) is -0.274. The molecule has 0 unspecified atom stereocenters. The quantitative estimate of drug-likeness (QED) is 0.349. The molecule has 41 heavy (non-hydrogen) atoms. The highest BCUT2D eigenvalue weighted by Gasteiger charge is 2.49. The maximum atomic E-state index is 13.9. The van der Waals surface area contributed by atoms with Crippen molar-refractivity contribution in [3.05, 3.63) is 80.1 Å². The summed E-state index contributed by atoms with van der Waals surface area (Å²) < 4.78 is 6.93. The number of hydrogen-bond donors (Lipinski definition) is 1. The van der Waals surface area contributed by atoms with Crippen molar-refractivity contribution in [2.75, 3.05) is 18.5 Å². The lowest BCUT2D eigenvalue weighted by atomic mass is 9.63. The van der Waals surface area contributed by atoms with Gasteiger partial charge in [-0.3, -0.25) is 14.4 Å². The summed E-state index contributed by atoms with van der Waals surface area (Å²) in [7, 11) is 0. The van der Waals surface area contributed by atoms with Crippen LogP contribution in [0.5, 0.6) is 5.75 Å². The molecule has 8 heteroatoms. The molecule has 1 aliphatic heterocycles. The Hall–Kier alpha value is -2.90. The second-order valence-electron chi connectivity index (χ2n) is 12.8. The van der Waals surface area contributed by atoms with Crippen LogP contribution in [0.15, 0.2) is 69.5 Å². The third-order valence-electron chi connectivity index (χ3n) is 8.11. The van der Waals surface area contributed by atoms with Gasteiger partial charge in [-0.2, -0.15) is 0 Å². The predicted octanol–water partition coefficient (Wildman–Crippen LogP) is 7.83. The van der Waals surface area contributed by atoms with Gasteiger partial charge in [0.2, 0.25) is 0 Å². The van der Waals surface area contributed by atoms with Crippen LogP contribution in [0, 0.1) is 10.8 Å². The fourth-order valence-corrected chi connectivity index (χ4v) is 7.00. The number of ketones is 2. The zero-order valence-corrected chi connectivity index (χ0v) is 26.5. The van der Waals surface area contributed by atoms with Gasteiger partial charge in [0.25, 0.3) is 5.91 Å². The molecule has 0 aromatic heterocycles. The Morgan fingerprint density at radius 1 is 0.951 bits per heavy atom. The molecule has 0 spiro atoms. The summed E-state index contributed by atoms with van der Waals surface area (Å²) in [4.78, 5) is 42.9. The summed E-state index contributed by atoms with van der Waals surface area (Å²) >= 11 is 9.56. The van der Waals surface area contributed by atoms with Crippen molar-refractivity contribution in [2.24, 2.45) is 10.8 Å². The predicted molar refractivity (Wildman–Crippen MR) is 165 cm³/mol.